The van der Waals surface area contributed by atoms with E-state index in [-0.39, 0.29) is 23.5 Å². The third kappa shape index (κ3) is 6.16. The van der Waals surface area contributed by atoms with Crippen LogP contribution in [-0.4, -0.2) is 66.5 Å². The number of hydrogen-bond donors (Lipinski definition) is 4. The molecule has 1 aromatic heterocycles. The second kappa shape index (κ2) is 11.2. The molecule has 0 saturated carbocycles. The van der Waals surface area contributed by atoms with Crippen LogP contribution in [0.4, 0.5) is 11.4 Å². The zero-order chi connectivity index (χ0) is 29.2. The molecule has 214 valence electrons. The second-order valence-electron chi connectivity index (χ2n) is 10.0. The Morgan fingerprint density at radius 1 is 1.10 bits per heavy atom. The number of sulfonamides is 1. The van der Waals surface area contributed by atoms with E-state index in [1.165, 1.54) is 24.3 Å². The van der Waals surface area contributed by atoms with Gasteiger partial charge in [-0.05, 0) is 62.4 Å². The number of aromatic amines is 1. The Balaban J connectivity index is 1.34. The van der Waals surface area contributed by atoms with Gasteiger partial charge >= 0.3 is 0 Å². The average Bonchev–Trinajstić information content (AvgIpc) is 3.44. The van der Waals surface area contributed by atoms with Gasteiger partial charge in [0.25, 0.3) is 21.6 Å². The second-order valence-corrected chi connectivity index (χ2v) is 11.7. The Kier molecular flexibility index (Phi) is 7.67. The van der Waals surface area contributed by atoms with Crippen LogP contribution in [0, 0.1) is 10.1 Å². The fraction of sp³-hybridized carbons (Fsp3) is 0.250. The van der Waals surface area contributed by atoms with Crippen molar-refractivity contribution in [2.75, 3.05) is 32.0 Å². The molecule has 41 heavy (non-hydrogen) atoms. The van der Waals surface area contributed by atoms with Gasteiger partial charge in [0.15, 0.2) is 0 Å². The molecule has 1 aliphatic heterocycles. The summed E-state index contributed by atoms with van der Waals surface area (Å²) < 4.78 is 34.2. The standard InChI is InChI=1S/C28H29N5O7S/c1-32-15-12-28(35,13-16-32)18-30-23-10-9-19(17-24(23)33(36)37)41(38,39)31-27(34)21-5-2-3-7-26(21)40-25-8-4-6-22-20(25)11-14-29-22/h2-11,14,17,29-30,35H,12-13,15-16,18H2,1H3,(H,31,34). The lowest BCUT2D eigenvalue weighted by Gasteiger charge is -2.36. The van der Waals surface area contributed by atoms with Gasteiger partial charge in [0, 0.05) is 42.8 Å². The van der Waals surface area contributed by atoms with Crippen molar-refractivity contribution in [1.29, 1.82) is 0 Å². The Bertz CT molecular complexity index is 1710. The molecule has 3 aromatic carbocycles. The number of nitro groups is 1. The Morgan fingerprint density at radius 2 is 1.83 bits per heavy atom. The van der Waals surface area contributed by atoms with Gasteiger partial charge < -0.3 is 25.0 Å². The molecule has 0 atom stereocenters. The number of para-hydroxylation sites is 1. The molecule has 1 aliphatic rings. The molecule has 0 aliphatic carbocycles. The van der Waals surface area contributed by atoms with E-state index in [9.17, 15) is 28.4 Å². The summed E-state index contributed by atoms with van der Waals surface area (Å²) in [5, 5.41) is 26.3. The van der Waals surface area contributed by atoms with Gasteiger partial charge in [0.05, 0.1) is 21.0 Å². The van der Waals surface area contributed by atoms with Crippen LogP contribution in [0.2, 0.25) is 0 Å². The molecule has 13 heteroatoms. The lowest BCUT2D eigenvalue weighted by Crippen LogP contribution is -2.47. The lowest BCUT2D eigenvalue weighted by molar-refractivity contribution is -0.384. The van der Waals surface area contributed by atoms with Crippen LogP contribution in [0.1, 0.15) is 23.2 Å². The molecular weight excluding hydrogens is 550 g/mol. The smallest absolute Gasteiger partial charge is 0.293 e. The summed E-state index contributed by atoms with van der Waals surface area (Å²) >= 11 is 0. The maximum atomic E-state index is 13.1. The van der Waals surface area contributed by atoms with Crippen LogP contribution in [0.25, 0.3) is 10.9 Å². The van der Waals surface area contributed by atoms with E-state index in [4.69, 9.17) is 4.74 Å². The number of carbonyl (C=O) groups excluding carboxylic acids is 1. The van der Waals surface area contributed by atoms with Gasteiger partial charge in [-0.25, -0.2) is 13.1 Å². The van der Waals surface area contributed by atoms with Gasteiger partial charge in [-0.3, -0.25) is 14.9 Å². The first kappa shape index (κ1) is 28.1. The average molecular weight is 580 g/mol. The largest absolute Gasteiger partial charge is 0.456 e. The van der Waals surface area contributed by atoms with E-state index >= 15 is 0 Å². The highest BCUT2D eigenvalue weighted by atomic mass is 32.2. The van der Waals surface area contributed by atoms with E-state index in [1.807, 2.05) is 23.9 Å². The van der Waals surface area contributed by atoms with Crippen molar-refractivity contribution in [3.05, 3.63) is 88.6 Å². The van der Waals surface area contributed by atoms with E-state index < -0.39 is 37.0 Å². The molecule has 5 rings (SSSR count). The summed E-state index contributed by atoms with van der Waals surface area (Å²) in [4.78, 5) is 28.9. The maximum absolute atomic E-state index is 13.1. The van der Waals surface area contributed by atoms with Gasteiger partial charge in [-0.1, -0.05) is 18.2 Å². The molecule has 12 nitrogen and oxygen atoms in total. The number of ether oxygens (including phenoxy) is 1. The van der Waals surface area contributed by atoms with Crippen LogP contribution in [0.3, 0.4) is 0 Å². The number of nitro benzene ring substituents is 1. The van der Waals surface area contributed by atoms with Crippen LogP contribution in [0.15, 0.2) is 77.8 Å². The number of H-pyrrole nitrogens is 1. The molecule has 0 bridgehead atoms. The molecule has 1 saturated heterocycles. The van der Waals surface area contributed by atoms with Crippen LogP contribution >= 0.6 is 0 Å². The van der Waals surface area contributed by atoms with E-state index in [0.717, 1.165) is 17.0 Å². The molecule has 1 amide bonds. The number of aromatic nitrogens is 1. The first-order valence-electron chi connectivity index (χ1n) is 12.9. The summed E-state index contributed by atoms with van der Waals surface area (Å²) in [5.41, 5.74) is -0.693. The number of nitrogens with zero attached hydrogens (tertiary/aromatic N) is 2. The fourth-order valence-electron chi connectivity index (χ4n) is 4.69. The molecule has 0 unspecified atom stereocenters. The van der Waals surface area contributed by atoms with Crippen molar-refractivity contribution in [2.45, 2.75) is 23.3 Å². The third-order valence-corrected chi connectivity index (χ3v) is 8.46. The van der Waals surface area contributed by atoms with Crippen LogP contribution < -0.4 is 14.8 Å². The minimum atomic E-state index is -4.50. The van der Waals surface area contributed by atoms with Crippen LogP contribution in [-0.2, 0) is 10.0 Å². The van der Waals surface area contributed by atoms with Gasteiger partial charge in [-0.15, -0.1) is 0 Å². The highest BCUT2D eigenvalue weighted by Crippen LogP contribution is 2.32. The topological polar surface area (TPSA) is 167 Å². The normalized spacial score (nSPS) is 15.4. The lowest BCUT2D eigenvalue weighted by atomic mass is 9.91. The van der Waals surface area contributed by atoms with Gasteiger partial charge in [0.2, 0.25) is 0 Å². The molecule has 4 aromatic rings. The molecule has 2 heterocycles. The Hall–Kier alpha value is -4.46. The maximum Gasteiger partial charge on any atom is 0.293 e. The highest BCUT2D eigenvalue weighted by Gasteiger charge is 2.32. The number of benzene rings is 3. The van der Waals surface area contributed by atoms with Crippen molar-refractivity contribution in [3.8, 4) is 11.5 Å². The van der Waals surface area contributed by atoms with Crippen molar-refractivity contribution in [2.24, 2.45) is 0 Å². The monoisotopic (exact) mass is 579 g/mol. The van der Waals surface area contributed by atoms with Gasteiger partial charge in [0.1, 0.15) is 17.2 Å². The number of likely N-dealkylation sites (tertiary alicyclic amines) is 1. The van der Waals surface area contributed by atoms with E-state index in [1.54, 1.807) is 30.5 Å². The molecular formula is C28H29N5O7S. The van der Waals surface area contributed by atoms with Crippen LogP contribution in [0.5, 0.6) is 11.5 Å². The number of amides is 1. The fourth-order valence-corrected chi connectivity index (χ4v) is 5.68. The number of carbonyl (C=O) groups is 1. The minimum absolute atomic E-state index is 0.0391. The number of nitrogens with one attached hydrogen (secondary N) is 3. The third-order valence-electron chi connectivity index (χ3n) is 7.14. The summed E-state index contributed by atoms with van der Waals surface area (Å²) in [6.45, 7) is 1.44. The predicted molar refractivity (Wildman–Crippen MR) is 153 cm³/mol. The number of aliphatic hydroxyl groups is 1. The van der Waals surface area contributed by atoms with Gasteiger partial charge in [-0.2, -0.15) is 0 Å². The van der Waals surface area contributed by atoms with Crippen molar-refractivity contribution in [3.63, 3.8) is 0 Å². The molecule has 0 radical (unpaired) electrons. The number of rotatable bonds is 9. The molecule has 4 N–H and O–H groups in total. The number of fused-ring (bicyclic) bond motifs is 1. The number of anilines is 1. The molecule has 1 fully saturated rings. The number of hydrogen-bond acceptors (Lipinski definition) is 9. The Morgan fingerprint density at radius 3 is 2.59 bits per heavy atom. The highest BCUT2D eigenvalue weighted by molar-refractivity contribution is 7.90. The quantitative estimate of drug-likeness (QED) is 0.170. The van der Waals surface area contributed by atoms with E-state index in [2.05, 4.69) is 15.2 Å². The SMILES string of the molecule is CN1CCC(O)(CNc2ccc(S(=O)(=O)NC(=O)c3ccccc3Oc3cccc4[nH]ccc34)cc2[N+](=O)[O-])CC1. The molecule has 0 spiro atoms. The predicted octanol–water partition coefficient (Wildman–Crippen LogP) is 3.86. The summed E-state index contributed by atoms with van der Waals surface area (Å²) in [7, 11) is -2.55. The number of piperidine rings is 1. The van der Waals surface area contributed by atoms with Crippen molar-refractivity contribution >= 4 is 38.2 Å². The first-order chi connectivity index (χ1) is 19.5. The first-order valence-corrected chi connectivity index (χ1v) is 14.4. The zero-order valence-corrected chi connectivity index (χ0v) is 23.0. The van der Waals surface area contributed by atoms with Crippen molar-refractivity contribution in [1.82, 2.24) is 14.6 Å². The minimum Gasteiger partial charge on any atom is -0.456 e. The zero-order valence-electron chi connectivity index (χ0n) is 22.2. The Labute approximate surface area is 236 Å². The summed E-state index contributed by atoms with van der Waals surface area (Å²) in [6.07, 6.45) is 2.74. The van der Waals surface area contributed by atoms with Crippen molar-refractivity contribution < 1.29 is 28.0 Å². The van der Waals surface area contributed by atoms with E-state index in [0.29, 0.717) is 31.7 Å². The summed E-state index contributed by atoms with van der Waals surface area (Å²) in [5.74, 6) is -0.363. The summed E-state index contributed by atoms with van der Waals surface area (Å²) in [6, 6.07) is 16.7.